The van der Waals surface area contributed by atoms with Crippen LogP contribution in [0.4, 0.5) is 0 Å². The molecule has 1 saturated carbocycles. The van der Waals surface area contributed by atoms with Crippen molar-refractivity contribution in [3.05, 3.63) is 80.8 Å². The first kappa shape index (κ1) is 12.2. The molecule has 0 radical (unpaired) electrons. The van der Waals surface area contributed by atoms with Crippen LogP contribution in [0.15, 0.2) is 69.6 Å². The third-order valence-corrected chi connectivity index (χ3v) is 4.69. The van der Waals surface area contributed by atoms with Crippen LogP contribution < -0.4 is 0 Å². The molecule has 0 nitrogen and oxygen atoms in total. The van der Waals surface area contributed by atoms with Gasteiger partial charge in [0, 0.05) is 14.4 Å². The third-order valence-electron chi connectivity index (χ3n) is 3.63. The van der Waals surface area contributed by atoms with E-state index < -0.39 is 0 Å². The Hall–Kier alpha value is -0.860. The highest BCUT2D eigenvalue weighted by Crippen LogP contribution is 2.57. The van der Waals surface area contributed by atoms with Gasteiger partial charge in [-0.05, 0) is 41.8 Å². The summed E-state index contributed by atoms with van der Waals surface area (Å²) in [5.74, 6) is 0. The lowest BCUT2D eigenvalue weighted by molar-refractivity contribution is 0.880. The van der Waals surface area contributed by atoms with E-state index in [-0.39, 0.29) is 5.41 Å². The van der Waals surface area contributed by atoms with Crippen LogP contribution in [-0.2, 0) is 5.41 Å². The molecule has 0 aliphatic heterocycles. The molecule has 0 amide bonds. The van der Waals surface area contributed by atoms with Gasteiger partial charge in [-0.15, -0.1) is 0 Å². The minimum absolute atomic E-state index is 0.0431. The van der Waals surface area contributed by atoms with Gasteiger partial charge in [0.05, 0.1) is 0 Å². The fourth-order valence-electron chi connectivity index (χ4n) is 2.52. The first-order valence-electron chi connectivity index (χ1n) is 5.83. The summed E-state index contributed by atoms with van der Waals surface area (Å²) >= 11 is 6.97. The summed E-state index contributed by atoms with van der Waals surface area (Å²) in [6.07, 6.45) is 1.05. The van der Waals surface area contributed by atoms with Gasteiger partial charge in [0.1, 0.15) is 0 Å². The molecule has 0 spiro atoms. The van der Waals surface area contributed by atoms with Crippen molar-refractivity contribution in [2.24, 2.45) is 0 Å². The lowest BCUT2D eigenvalue weighted by Crippen LogP contribution is -2.08. The van der Waals surface area contributed by atoms with Crippen molar-refractivity contribution in [1.82, 2.24) is 0 Å². The Bertz CT molecular complexity index is 548. The fraction of sp³-hybridized carbons (Fsp3) is 0.125. The van der Waals surface area contributed by atoms with Crippen molar-refractivity contribution in [1.29, 1.82) is 0 Å². The van der Waals surface area contributed by atoms with Crippen LogP contribution in [0.25, 0.3) is 0 Å². The maximum Gasteiger partial charge on any atom is 0.0446 e. The van der Waals surface area contributed by atoms with Crippen LogP contribution in [0.1, 0.15) is 17.5 Å². The molecule has 3 rings (SSSR count). The molecule has 0 N–H and O–H groups in total. The van der Waals surface area contributed by atoms with Gasteiger partial charge in [-0.25, -0.2) is 0 Å². The number of hydrogen-bond acceptors (Lipinski definition) is 0. The molecule has 0 unspecified atom stereocenters. The third kappa shape index (κ3) is 1.88. The molecule has 0 saturated heterocycles. The molecule has 0 heterocycles. The summed E-state index contributed by atoms with van der Waals surface area (Å²) in [5.41, 5.74) is 4.00. The smallest absolute Gasteiger partial charge is 0.0446 e. The number of hydrogen-bond donors (Lipinski definition) is 0. The predicted molar refractivity (Wildman–Crippen MR) is 82.8 cm³/mol. The first-order valence-corrected chi connectivity index (χ1v) is 7.42. The maximum atomic E-state index is 4.19. The van der Waals surface area contributed by atoms with Crippen molar-refractivity contribution >= 4 is 31.9 Å². The number of benzene rings is 2. The summed E-state index contributed by atoms with van der Waals surface area (Å²) in [6, 6.07) is 17.1. The van der Waals surface area contributed by atoms with Crippen LogP contribution in [-0.4, -0.2) is 0 Å². The highest BCUT2D eigenvalue weighted by atomic mass is 79.9. The second kappa shape index (κ2) is 4.36. The molecular weight excluding hydrogens is 352 g/mol. The van der Waals surface area contributed by atoms with Gasteiger partial charge in [-0.1, -0.05) is 68.3 Å². The van der Waals surface area contributed by atoms with E-state index in [1.165, 1.54) is 16.7 Å². The van der Waals surface area contributed by atoms with E-state index in [2.05, 4.69) is 87.0 Å². The molecule has 2 aromatic carbocycles. The summed E-state index contributed by atoms with van der Waals surface area (Å²) in [6.45, 7) is 4.19. The predicted octanol–water partition coefficient (Wildman–Crippen LogP) is 5.46. The van der Waals surface area contributed by atoms with Gasteiger partial charge in [0.25, 0.3) is 0 Å². The van der Waals surface area contributed by atoms with Crippen molar-refractivity contribution in [3.8, 4) is 0 Å². The van der Waals surface area contributed by atoms with Crippen molar-refractivity contribution in [2.45, 2.75) is 11.8 Å². The van der Waals surface area contributed by atoms with E-state index in [0.29, 0.717) is 0 Å². The molecule has 2 aromatic rings. The Morgan fingerprint density at radius 3 is 1.39 bits per heavy atom. The maximum absolute atomic E-state index is 4.19. The van der Waals surface area contributed by atoms with Crippen LogP contribution in [0.5, 0.6) is 0 Å². The van der Waals surface area contributed by atoms with Crippen molar-refractivity contribution in [3.63, 3.8) is 0 Å². The monoisotopic (exact) mass is 362 g/mol. The molecular formula is C16H12Br2. The highest BCUT2D eigenvalue weighted by Gasteiger charge is 2.49. The second-order valence-corrected chi connectivity index (χ2v) is 6.53. The molecule has 90 valence electrons. The quantitative estimate of drug-likeness (QED) is 0.621. The molecule has 1 fully saturated rings. The Labute approximate surface area is 124 Å². The van der Waals surface area contributed by atoms with E-state index in [0.717, 1.165) is 15.4 Å². The van der Waals surface area contributed by atoms with E-state index >= 15 is 0 Å². The standard InChI is InChI=1S/C16H12Br2/c1-11-10-16(11,12-2-6-14(17)7-3-12)13-4-8-15(18)9-5-13/h2-9H,1,10H2. The Balaban J connectivity index is 2.08. The van der Waals surface area contributed by atoms with Gasteiger partial charge < -0.3 is 0 Å². The van der Waals surface area contributed by atoms with Gasteiger partial charge in [-0.2, -0.15) is 0 Å². The van der Waals surface area contributed by atoms with Crippen LogP contribution in [0.2, 0.25) is 0 Å². The summed E-state index contributed by atoms with van der Waals surface area (Å²) < 4.78 is 2.23. The summed E-state index contributed by atoms with van der Waals surface area (Å²) in [4.78, 5) is 0. The summed E-state index contributed by atoms with van der Waals surface area (Å²) in [7, 11) is 0. The van der Waals surface area contributed by atoms with Crippen LogP contribution >= 0.6 is 31.9 Å². The first-order chi connectivity index (χ1) is 8.63. The summed E-state index contributed by atoms with van der Waals surface area (Å²) in [5, 5.41) is 0. The van der Waals surface area contributed by atoms with Gasteiger partial charge in [0.15, 0.2) is 0 Å². The Morgan fingerprint density at radius 2 is 1.11 bits per heavy atom. The molecule has 2 heteroatoms. The molecule has 1 aliphatic rings. The Morgan fingerprint density at radius 1 is 0.778 bits per heavy atom. The van der Waals surface area contributed by atoms with Gasteiger partial charge in [-0.3, -0.25) is 0 Å². The van der Waals surface area contributed by atoms with Crippen molar-refractivity contribution in [2.75, 3.05) is 0 Å². The zero-order valence-corrected chi connectivity index (χ0v) is 13.0. The molecule has 1 aliphatic carbocycles. The molecule has 18 heavy (non-hydrogen) atoms. The van der Waals surface area contributed by atoms with Crippen LogP contribution in [0, 0.1) is 0 Å². The van der Waals surface area contributed by atoms with Crippen LogP contribution in [0.3, 0.4) is 0 Å². The van der Waals surface area contributed by atoms with E-state index in [9.17, 15) is 0 Å². The minimum atomic E-state index is 0.0431. The van der Waals surface area contributed by atoms with Crippen molar-refractivity contribution < 1.29 is 0 Å². The minimum Gasteiger partial charge on any atom is -0.0986 e. The number of allylic oxidation sites excluding steroid dienone is 1. The zero-order valence-electron chi connectivity index (χ0n) is 9.79. The highest BCUT2D eigenvalue weighted by molar-refractivity contribution is 9.10. The molecule has 0 aromatic heterocycles. The van der Waals surface area contributed by atoms with Gasteiger partial charge >= 0.3 is 0 Å². The topological polar surface area (TPSA) is 0 Å². The lowest BCUT2D eigenvalue weighted by atomic mass is 9.87. The lowest BCUT2D eigenvalue weighted by Gasteiger charge is -2.16. The number of halogens is 2. The fourth-order valence-corrected chi connectivity index (χ4v) is 3.05. The van der Waals surface area contributed by atoms with Gasteiger partial charge in [0.2, 0.25) is 0 Å². The average molecular weight is 364 g/mol. The molecule has 0 atom stereocenters. The van der Waals surface area contributed by atoms with E-state index in [1.807, 2.05) is 0 Å². The number of rotatable bonds is 2. The molecule has 0 bridgehead atoms. The van der Waals surface area contributed by atoms with E-state index in [4.69, 9.17) is 0 Å². The second-order valence-electron chi connectivity index (χ2n) is 4.70. The largest absolute Gasteiger partial charge is 0.0986 e. The Kier molecular flexibility index (Phi) is 2.95. The average Bonchev–Trinajstić information content (AvgIpc) is 3.04. The van der Waals surface area contributed by atoms with E-state index in [1.54, 1.807) is 0 Å². The SMILES string of the molecule is C=C1CC1(c1ccc(Br)cc1)c1ccc(Br)cc1. The zero-order chi connectivity index (χ0) is 12.8. The normalized spacial score (nSPS) is 16.7.